The van der Waals surface area contributed by atoms with Crippen molar-refractivity contribution in [3.8, 4) is 11.8 Å². The van der Waals surface area contributed by atoms with Gasteiger partial charge in [0.15, 0.2) is 46.3 Å². The molecule has 0 aliphatic carbocycles. The minimum atomic E-state index is -5.49. The van der Waals surface area contributed by atoms with Gasteiger partial charge in [0.05, 0.1) is 15.6 Å². The normalized spacial score (nSPS) is 27.4. The van der Waals surface area contributed by atoms with Gasteiger partial charge in [0, 0.05) is 7.05 Å². The number of ether oxygens (including phenoxy) is 6. The minimum Gasteiger partial charge on any atom is -0.416 e. The summed E-state index contributed by atoms with van der Waals surface area (Å²) in [6.07, 6.45) is -12.1. The summed E-state index contributed by atoms with van der Waals surface area (Å²) < 4.78 is 129. The average Bonchev–Trinajstić information content (AvgIpc) is 3.55. The second-order valence-electron chi connectivity index (χ2n) is 11.0. The monoisotopic (exact) mass is 722 g/mol. The van der Waals surface area contributed by atoms with Gasteiger partial charge >= 0.3 is 17.8 Å². The zero-order valence-electron chi connectivity index (χ0n) is 24.0. The molecule has 0 radical (unpaired) electrons. The topological polar surface area (TPSA) is 134 Å². The molecule has 0 N–H and O–H groups in total. The Labute approximate surface area is 268 Å². The van der Waals surface area contributed by atoms with Crippen molar-refractivity contribution in [1.29, 1.82) is 5.26 Å². The summed E-state index contributed by atoms with van der Waals surface area (Å²) >= 11 is 12.2. The molecule has 3 aliphatic rings. The number of carbonyl (C=O) groups excluding carboxylic acids is 1. The van der Waals surface area contributed by atoms with Crippen LogP contribution in [-0.2, 0) is 45.4 Å². The summed E-state index contributed by atoms with van der Waals surface area (Å²) in [5, 5.41) is 11.7. The van der Waals surface area contributed by atoms with Gasteiger partial charge in [-0.1, -0.05) is 23.2 Å². The lowest BCUT2D eigenvalue weighted by Crippen LogP contribution is -2.56. The summed E-state index contributed by atoms with van der Waals surface area (Å²) in [7, 11) is -3.15. The summed E-state index contributed by atoms with van der Waals surface area (Å²) in [4.78, 5) is 12.6. The Bertz CT molecular complexity index is 1620. The zero-order valence-corrected chi connectivity index (χ0v) is 26.4. The number of carbonyl (C=O) groups is 1. The van der Waals surface area contributed by atoms with Gasteiger partial charge in [0.2, 0.25) is 6.29 Å². The van der Waals surface area contributed by atoms with E-state index in [4.69, 9.17) is 51.6 Å². The molecule has 5 rings (SSSR count). The summed E-state index contributed by atoms with van der Waals surface area (Å²) in [5.41, 5.74) is -8.59. The number of halogens is 8. The Balaban J connectivity index is 1.58. The van der Waals surface area contributed by atoms with Crippen molar-refractivity contribution in [3.05, 3.63) is 33.4 Å². The molecular weight excluding hydrogens is 701 g/mol. The van der Waals surface area contributed by atoms with Crippen molar-refractivity contribution in [2.45, 2.75) is 86.7 Å². The lowest BCUT2D eigenvalue weighted by molar-refractivity contribution is -0.287. The number of nitrogens with zero attached hydrogens (tertiary/aromatic N) is 4. The Morgan fingerprint density at radius 2 is 1.57 bits per heavy atom. The SMILES string of the molecule is CN(C(=O)OC1OC2OC(C)(C)OC2C2OC(C)(C)OC12)c1c(S(=O)C(F)(F)F)c(C#N)nn1-c1c(Cl)cc(C(F)(F)F)cc1Cl. The predicted octanol–water partition coefficient (Wildman–Crippen LogP) is 5.62. The van der Waals surface area contributed by atoms with E-state index in [1.807, 2.05) is 0 Å². The molecule has 0 saturated carbocycles. The first-order valence-corrected chi connectivity index (χ1v) is 14.8. The molecule has 0 spiro atoms. The quantitative estimate of drug-likeness (QED) is 0.366. The number of amides is 1. The van der Waals surface area contributed by atoms with Gasteiger partial charge in [-0.15, -0.1) is 0 Å². The van der Waals surface area contributed by atoms with Gasteiger partial charge in [-0.3, -0.25) is 4.90 Å². The van der Waals surface area contributed by atoms with Crippen LogP contribution in [0.25, 0.3) is 5.69 Å². The molecule has 6 atom stereocenters. The maximum atomic E-state index is 13.8. The minimum absolute atomic E-state index is 0.374. The Kier molecular flexibility index (Phi) is 8.64. The van der Waals surface area contributed by atoms with E-state index >= 15 is 0 Å². The van der Waals surface area contributed by atoms with Gasteiger partial charge in [-0.05, 0) is 39.8 Å². The van der Waals surface area contributed by atoms with E-state index in [-0.39, 0.29) is 0 Å². The largest absolute Gasteiger partial charge is 0.476 e. The number of nitriles is 1. The van der Waals surface area contributed by atoms with Crippen LogP contribution in [0.15, 0.2) is 17.0 Å². The molecule has 12 nitrogen and oxygen atoms in total. The summed E-state index contributed by atoms with van der Waals surface area (Å²) in [6, 6.07) is 2.14. The highest BCUT2D eigenvalue weighted by atomic mass is 35.5. The van der Waals surface area contributed by atoms with Gasteiger partial charge in [-0.25, -0.2) is 13.7 Å². The molecule has 1 aromatic carbocycles. The average molecular weight is 723 g/mol. The number of fused-ring (bicyclic) bond motifs is 3. The number of aromatic nitrogens is 2. The number of rotatable bonds is 4. The highest BCUT2D eigenvalue weighted by Crippen LogP contribution is 2.46. The highest BCUT2D eigenvalue weighted by Gasteiger charge is 2.62. The number of hydrogen-bond acceptors (Lipinski definition) is 10. The van der Waals surface area contributed by atoms with Crippen LogP contribution in [-0.4, -0.2) is 75.1 Å². The fourth-order valence-corrected chi connectivity index (χ4v) is 6.60. The molecule has 3 saturated heterocycles. The molecule has 2 aromatic rings. The first-order chi connectivity index (χ1) is 21.0. The lowest BCUT2D eigenvalue weighted by Gasteiger charge is -2.37. The van der Waals surface area contributed by atoms with Crippen LogP contribution in [0.3, 0.4) is 0 Å². The maximum Gasteiger partial charge on any atom is 0.476 e. The van der Waals surface area contributed by atoms with E-state index in [1.54, 1.807) is 27.7 Å². The molecular formula is C25H22Cl2F6N4O8S. The third kappa shape index (κ3) is 6.29. The van der Waals surface area contributed by atoms with Crippen LogP contribution >= 0.6 is 23.2 Å². The lowest BCUT2D eigenvalue weighted by atomic mass is 10.0. The van der Waals surface area contributed by atoms with Crippen LogP contribution in [0.5, 0.6) is 0 Å². The molecule has 0 bridgehead atoms. The Morgan fingerprint density at radius 1 is 1.02 bits per heavy atom. The van der Waals surface area contributed by atoms with Crippen molar-refractivity contribution in [1.82, 2.24) is 9.78 Å². The van der Waals surface area contributed by atoms with Gasteiger partial charge < -0.3 is 28.4 Å². The second kappa shape index (κ2) is 11.5. The van der Waals surface area contributed by atoms with Crippen LogP contribution in [0.4, 0.5) is 37.0 Å². The fraction of sp³-hybridized carbons (Fsp3) is 0.560. The summed E-state index contributed by atoms with van der Waals surface area (Å²) in [6.45, 7) is 6.30. The van der Waals surface area contributed by atoms with Crippen molar-refractivity contribution in [2.75, 3.05) is 11.9 Å². The molecule has 252 valence electrons. The van der Waals surface area contributed by atoms with Crippen LogP contribution < -0.4 is 4.90 Å². The van der Waals surface area contributed by atoms with E-state index < -0.39 is 109 Å². The van der Waals surface area contributed by atoms with E-state index in [1.165, 1.54) is 6.07 Å². The Morgan fingerprint density at radius 3 is 2.11 bits per heavy atom. The van der Waals surface area contributed by atoms with Crippen molar-refractivity contribution in [2.24, 2.45) is 0 Å². The van der Waals surface area contributed by atoms with E-state index in [0.717, 1.165) is 7.05 Å². The fourth-order valence-electron chi connectivity index (χ4n) is 5.07. The molecule has 1 amide bonds. The molecule has 21 heteroatoms. The number of hydrogen-bond donors (Lipinski definition) is 0. The van der Waals surface area contributed by atoms with Gasteiger partial charge in [0.1, 0.15) is 28.9 Å². The van der Waals surface area contributed by atoms with Crippen LogP contribution in [0.2, 0.25) is 10.0 Å². The highest BCUT2D eigenvalue weighted by molar-refractivity contribution is 7.86. The second-order valence-corrected chi connectivity index (χ2v) is 13.2. The predicted molar refractivity (Wildman–Crippen MR) is 143 cm³/mol. The van der Waals surface area contributed by atoms with Gasteiger partial charge in [-0.2, -0.15) is 36.7 Å². The first kappa shape index (κ1) is 34.6. The van der Waals surface area contributed by atoms with Crippen LogP contribution in [0, 0.1) is 11.3 Å². The van der Waals surface area contributed by atoms with Crippen molar-refractivity contribution >= 4 is 45.9 Å². The third-order valence-corrected chi connectivity index (χ3v) is 8.54. The Hall–Kier alpha value is -2.70. The molecule has 4 heterocycles. The van der Waals surface area contributed by atoms with Crippen molar-refractivity contribution < 1.29 is 63.8 Å². The molecule has 3 fully saturated rings. The van der Waals surface area contributed by atoms with Crippen LogP contribution in [0.1, 0.15) is 39.0 Å². The van der Waals surface area contributed by atoms with E-state index in [0.29, 0.717) is 21.7 Å². The molecule has 1 aromatic heterocycles. The zero-order chi connectivity index (χ0) is 34.3. The number of benzene rings is 1. The van der Waals surface area contributed by atoms with Crippen molar-refractivity contribution in [3.63, 3.8) is 0 Å². The molecule has 6 unspecified atom stereocenters. The van der Waals surface area contributed by atoms with E-state index in [2.05, 4.69) is 5.10 Å². The van der Waals surface area contributed by atoms with E-state index in [9.17, 15) is 40.6 Å². The molecule has 46 heavy (non-hydrogen) atoms. The number of anilines is 1. The maximum absolute atomic E-state index is 13.8. The first-order valence-electron chi connectivity index (χ1n) is 12.9. The smallest absolute Gasteiger partial charge is 0.416 e. The molecule has 3 aliphatic heterocycles. The van der Waals surface area contributed by atoms with Gasteiger partial charge in [0.25, 0.3) is 0 Å². The number of alkyl halides is 6. The third-order valence-electron chi connectivity index (χ3n) is 6.80. The summed E-state index contributed by atoms with van der Waals surface area (Å²) in [5.74, 6) is -3.40. The standard InChI is InChI=1S/C25H22Cl2F6N4O8S/c1-22(2)42-14-15(43-22)19(40-20-16(14)44-23(3,4)45-20)41-21(38)36(5)18-17(46(39)25(31,32)33)12(8-34)35-37(18)13-10(26)6-9(7-11(13)27)24(28,29)30/h6-7,14-16,19-20H,1-5H3.